The van der Waals surface area contributed by atoms with E-state index in [1.54, 1.807) is 13.8 Å². The molecule has 6 nitrogen and oxygen atoms in total. The van der Waals surface area contributed by atoms with Crippen LogP contribution in [0.1, 0.15) is 45.1 Å². The first-order valence-corrected chi connectivity index (χ1v) is 11.5. The number of benzene rings is 1. The van der Waals surface area contributed by atoms with Gasteiger partial charge in [0.05, 0.1) is 11.8 Å². The molecule has 1 saturated carbocycles. The summed E-state index contributed by atoms with van der Waals surface area (Å²) in [4.78, 5) is 14.5. The lowest BCUT2D eigenvalue weighted by Gasteiger charge is -2.30. The molecule has 0 unspecified atom stereocenters. The van der Waals surface area contributed by atoms with E-state index in [9.17, 15) is 13.2 Å². The van der Waals surface area contributed by atoms with Crippen LogP contribution >= 0.6 is 11.6 Å². The summed E-state index contributed by atoms with van der Waals surface area (Å²) in [6.45, 7) is 4.53. The van der Waals surface area contributed by atoms with Crippen LogP contribution in [0.2, 0.25) is 5.02 Å². The highest BCUT2D eigenvalue weighted by Gasteiger charge is 2.28. The van der Waals surface area contributed by atoms with E-state index in [0.717, 1.165) is 49.4 Å². The second-order valence-electron chi connectivity index (χ2n) is 7.77. The van der Waals surface area contributed by atoms with Crippen molar-refractivity contribution in [2.75, 3.05) is 18.0 Å². The molecule has 0 bridgehead atoms. The van der Waals surface area contributed by atoms with Gasteiger partial charge < -0.3 is 10.2 Å². The van der Waals surface area contributed by atoms with Crippen molar-refractivity contribution in [2.45, 2.75) is 63.3 Å². The van der Waals surface area contributed by atoms with Gasteiger partial charge in [-0.3, -0.25) is 4.79 Å². The Kier molecular flexibility index (Phi) is 6.33. The minimum Gasteiger partial charge on any atom is -0.362 e. The Bertz CT molecular complexity index is 789. The predicted molar refractivity (Wildman–Crippen MR) is 109 cm³/mol. The Balaban J connectivity index is 1.46. The number of hydrogen-bond acceptors (Lipinski definition) is 4. The van der Waals surface area contributed by atoms with Crippen LogP contribution in [0, 0.1) is 0 Å². The quantitative estimate of drug-likeness (QED) is 0.750. The number of rotatable bonds is 6. The van der Waals surface area contributed by atoms with E-state index in [2.05, 4.69) is 14.9 Å². The normalized spacial score (nSPS) is 22.7. The van der Waals surface area contributed by atoms with Crippen LogP contribution in [0.5, 0.6) is 0 Å². The molecule has 0 atom stereocenters. The molecule has 0 spiro atoms. The van der Waals surface area contributed by atoms with E-state index in [-0.39, 0.29) is 18.0 Å². The molecule has 1 aliphatic heterocycles. The Morgan fingerprint density at radius 3 is 2.56 bits per heavy atom. The van der Waals surface area contributed by atoms with Gasteiger partial charge in [-0.05, 0) is 69.7 Å². The van der Waals surface area contributed by atoms with Crippen molar-refractivity contribution in [1.29, 1.82) is 0 Å². The van der Waals surface area contributed by atoms with E-state index in [4.69, 9.17) is 11.6 Å². The molecule has 27 heavy (non-hydrogen) atoms. The summed E-state index contributed by atoms with van der Waals surface area (Å²) in [6.07, 6.45) is 4.00. The molecule has 1 aromatic carbocycles. The Labute approximate surface area is 166 Å². The van der Waals surface area contributed by atoms with E-state index >= 15 is 0 Å². The van der Waals surface area contributed by atoms with E-state index in [1.165, 1.54) is 5.56 Å². The van der Waals surface area contributed by atoms with Crippen LogP contribution < -0.4 is 14.9 Å². The number of anilines is 1. The van der Waals surface area contributed by atoms with Gasteiger partial charge in [-0.15, -0.1) is 0 Å². The zero-order chi connectivity index (χ0) is 19.6. The maximum absolute atomic E-state index is 12.5. The molecule has 150 valence electrons. The molecule has 0 radical (unpaired) electrons. The largest absolute Gasteiger partial charge is 0.362 e. The summed E-state index contributed by atoms with van der Waals surface area (Å²) in [5.41, 5.74) is 2.27. The van der Waals surface area contributed by atoms with Gasteiger partial charge in [0, 0.05) is 29.3 Å². The summed E-state index contributed by atoms with van der Waals surface area (Å²) in [7, 11) is -3.24. The van der Waals surface area contributed by atoms with Crippen LogP contribution in [0.3, 0.4) is 0 Å². The first kappa shape index (κ1) is 20.4. The van der Waals surface area contributed by atoms with Gasteiger partial charge in [-0.1, -0.05) is 11.6 Å². The summed E-state index contributed by atoms with van der Waals surface area (Å²) in [5.74, 6) is 0.0176. The molecule has 0 saturated heterocycles. The zero-order valence-electron chi connectivity index (χ0n) is 15.9. The Morgan fingerprint density at radius 2 is 1.89 bits per heavy atom. The predicted octanol–water partition coefficient (Wildman–Crippen LogP) is 2.46. The lowest BCUT2D eigenvalue weighted by Crippen LogP contribution is -2.47. The standard InChI is InChI=1S/C19H28ClN3O3S/c1-13(2)27(25,26)22-17-6-4-16(5-7-17)21-19(24)12-23-10-9-14-11-15(20)3-8-18(14)23/h3,8,11,13,16-17,22H,4-7,9-10,12H2,1-2H3,(H,21,24). The van der Waals surface area contributed by atoms with Crippen molar-refractivity contribution in [2.24, 2.45) is 0 Å². The number of nitrogens with zero attached hydrogens (tertiary/aromatic N) is 1. The van der Waals surface area contributed by atoms with E-state index < -0.39 is 15.3 Å². The van der Waals surface area contributed by atoms with Gasteiger partial charge in [0.1, 0.15) is 0 Å². The van der Waals surface area contributed by atoms with Gasteiger partial charge >= 0.3 is 0 Å². The van der Waals surface area contributed by atoms with Crippen molar-refractivity contribution in [3.63, 3.8) is 0 Å². The van der Waals surface area contributed by atoms with E-state index in [1.807, 2.05) is 18.2 Å². The first-order valence-electron chi connectivity index (χ1n) is 9.58. The van der Waals surface area contributed by atoms with Gasteiger partial charge in [-0.25, -0.2) is 13.1 Å². The summed E-state index contributed by atoms with van der Waals surface area (Å²) < 4.78 is 26.7. The van der Waals surface area contributed by atoms with Crippen LogP contribution in [-0.2, 0) is 21.2 Å². The third kappa shape index (κ3) is 5.15. The van der Waals surface area contributed by atoms with Crippen molar-refractivity contribution in [3.8, 4) is 0 Å². The molecule has 1 fully saturated rings. The van der Waals surface area contributed by atoms with Crippen LogP contribution in [0.25, 0.3) is 0 Å². The number of amides is 1. The summed E-state index contributed by atoms with van der Waals surface area (Å²) in [5, 5.41) is 3.41. The number of halogens is 1. The lowest BCUT2D eigenvalue weighted by atomic mass is 9.92. The molecular formula is C19H28ClN3O3S. The molecule has 8 heteroatoms. The van der Waals surface area contributed by atoms with Gasteiger partial charge in [-0.2, -0.15) is 0 Å². The molecule has 2 aliphatic rings. The van der Waals surface area contributed by atoms with Crippen LogP contribution in [0.15, 0.2) is 18.2 Å². The topological polar surface area (TPSA) is 78.5 Å². The maximum atomic E-state index is 12.5. The number of sulfonamides is 1. The van der Waals surface area contributed by atoms with Crippen molar-refractivity contribution >= 4 is 33.2 Å². The highest BCUT2D eigenvalue weighted by Crippen LogP contribution is 2.30. The third-order valence-electron chi connectivity index (χ3n) is 5.41. The van der Waals surface area contributed by atoms with Crippen molar-refractivity contribution < 1.29 is 13.2 Å². The van der Waals surface area contributed by atoms with Crippen LogP contribution in [0.4, 0.5) is 5.69 Å². The Hall–Kier alpha value is -1.31. The molecular weight excluding hydrogens is 386 g/mol. The summed E-state index contributed by atoms with van der Waals surface area (Å²) >= 11 is 6.03. The first-order chi connectivity index (χ1) is 12.7. The number of fused-ring (bicyclic) bond motifs is 1. The third-order valence-corrected chi connectivity index (χ3v) is 7.55. The minimum atomic E-state index is -3.24. The molecule has 1 aliphatic carbocycles. The fraction of sp³-hybridized carbons (Fsp3) is 0.632. The molecule has 0 aromatic heterocycles. The highest BCUT2D eigenvalue weighted by atomic mass is 35.5. The van der Waals surface area contributed by atoms with E-state index in [0.29, 0.717) is 6.54 Å². The fourth-order valence-electron chi connectivity index (χ4n) is 3.77. The number of carbonyl (C=O) groups is 1. The lowest BCUT2D eigenvalue weighted by molar-refractivity contribution is -0.120. The number of carbonyl (C=O) groups excluding carboxylic acids is 1. The smallest absolute Gasteiger partial charge is 0.239 e. The van der Waals surface area contributed by atoms with Crippen molar-refractivity contribution in [3.05, 3.63) is 28.8 Å². The van der Waals surface area contributed by atoms with Gasteiger partial charge in [0.2, 0.25) is 15.9 Å². The fourth-order valence-corrected chi connectivity index (χ4v) is 4.94. The SMILES string of the molecule is CC(C)S(=O)(=O)NC1CCC(NC(=O)CN2CCc3cc(Cl)ccc32)CC1. The molecule has 2 N–H and O–H groups in total. The molecule has 3 rings (SSSR count). The maximum Gasteiger partial charge on any atom is 0.239 e. The molecule has 1 amide bonds. The second kappa shape index (κ2) is 8.37. The minimum absolute atomic E-state index is 0.0176. The highest BCUT2D eigenvalue weighted by molar-refractivity contribution is 7.90. The van der Waals surface area contributed by atoms with Gasteiger partial charge in [0.25, 0.3) is 0 Å². The number of hydrogen-bond donors (Lipinski definition) is 2. The molecule has 1 heterocycles. The van der Waals surface area contributed by atoms with Crippen molar-refractivity contribution in [1.82, 2.24) is 10.0 Å². The molecule has 1 aromatic rings. The van der Waals surface area contributed by atoms with Gasteiger partial charge in [0.15, 0.2) is 0 Å². The zero-order valence-corrected chi connectivity index (χ0v) is 17.4. The van der Waals surface area contributed by atoms with Crippen LogP contribution in [-0.4, -0.2) is 44.7 Å². The average Bonchev–Trinajstić information content (AvgIpc) is 2.98. The Morgan fingerprint density at radius 1 is 1.22 bits per heavy atom. The average molecular weight is 414 g/mol. The summed E-state index contributed by atoms with van der Waals surface area (Å²) in [6, 6.07) is 5.89. The second-order valence-corrected chi connectivity index (χ2v) is 10.5. The number of nitrogens with one attached hydrogen (secondary N) is 2. The monoisotopic (exact) mass is 413 g/mol.